The highest BCUT2D eigenvalue weighted by Crippen LogP contribution is 2.50. The van der Waals surface area contributed by atoms with Crippen LogP contribution in [0.25, 0.3) is 0 Å². The predicted molar refractivity (Wildman–Crippen MR) is 97.0 cm³/mol. The lowest BCUT2D eigenvalue weighted by Crippen LogP contribution is -2.52. The van der Waals surface area contributed by atoms with Gasteiger partial charge in [0.25, 0.3) is 0 Å². The predicted octanol–water partition coefficient (Wildman–Crippen LogP) is 3.03. The van der Waals surface area contributed by atoms with Crippen LogP contribution >= 0.6 is 23.1 Å². The van der Waals surface area contributed by atoms with E-state index in [2.05, 4.69) is 5.32 Å². The lowest BCUT2D eigenvalue weighted by Gasteiger charge is -2.50. The first-order valence-corrected chi connectivity index (χ1v) is 10.4. The molecule has 0 aromatic carbocycles. The maximum Gasteiger partial charge on any atom is 0.345 e. The maximum atomic E-state index is 12.9. The van der Waals surface area contributed by atoms with Crippen molar-refractivity contribution in [1.29, 1.82) is 0 Å². The summed E-state index contributed by atoms with van der Waals surface area (Å²) in [4.78, 5) is 13.6. The number of thioether (sulfide) groups is 1. The minimum absolute atomic E-state index is 0.0403. The molecule has 2 aliphatic heterocycles. The van der Waals surface area contributed by atoms with Crippen LogP contribution in [-0.2, 0) is 15.1 Å². The van der Waals surface area contributed by atoms with Gasteiger partial charge in [-0.3, -0.25) is 0 Å². The summed E-state index contributed by atoms with van der Waals surface area (Å²) in [7, 11) is 0. The topological polar surface area (TPSA) is 58.6 Å². The van der Waals surface area contributed by atoms with E-state index in [0.717, 1.165) is 25.9 Å². The monoisotopic (exact) mass is 365 g/mol. The van der Waals surface area contributed by atoms with Gasteiger partial charge in [-0.1, -0.05) is 12.1 Å². The summed E-state index contributed by atoms with van der Waals surface area (Å²) in [6, 6.07) is 3.71. The van der Waals surface area contributed by atoms with Gasteiger partial charge in [-0.2, -0.15) is 0 Å². The number of nitrogens with one attached hydrogen (secondary N) is 1. The molecule has 130 valence electrons. The molecule has 1 saturated heterocycles. The number of carbonyl (C=O) groups is 1. The lowest BCUT2D eigenvalue weighted by atomic mass is 9.61. The van der Waals surface area contributed by atoms with E-state index >= 15 is 0 Å². The number of ether oxygens (including phenoxy) is 1. The van der Waals surface area contributed by atoms with Crippen molar-refractivity contribution in [2.45, 2.75) is 49.1 Å². The fourth-order valence-corrected chi connectivity index (χ4v) is 6.13. The molecule has 1 saturated carbocycles. The standard InChI is InChI=1S/C18H23NO3S2/c20-16(22-13-11-17(12-13)5-7-19-8-6-17)18(21,14-3-1-9-23-14)15-4-2-10-24-15/h1-3,9-10,13,15,19,21H,4-8,11-12H2. The third-order valence-corrected chi connectivity index (χ3v) is 7.83. The van der Waals surface area contributed by atoms with Crippen molar-refractivity contribution in [3.63, 3.8) is 0 Å². The smallest absolute Gasteiger partial charge is 0.345 e. The fourth-order valence-electron chi connectivity index (χ4n) is 4.14. The molecule has 6 heteroatoms. The summed E-state index contributed by atoms with van der Waals surface area (Å²) in [5.74, 6) is -0.472. The van der Waals surface area contributed by atoms with Gasteiger partial charge in [0.2, 0.25) is 5.60 Å². The quantitative estimate of drug-likeness (QED) is 0.803. The van der Waals surface area contributed by atoms with Crippen molar-refractivity contribution in [1.82, 2.24) is 5.32 Å². The number of hydrogen-bond donors (Lipinski definition) is 2. The van der Waals surface area contributed by atoms with E-state index in [4.69, 9.17) is 4.74 Å². The average molecular weight is 366 g/mol. The van der Waals surface area contributed by atoms with Crippen molar-refractivity contribution in [3.05, 3.63) is 33.9 Å². The highest BCUT2D eigenvalue weighted by Gasteiger charge is 2.52. The van der Waals surface area contributed by atoms with Crippen LogP contribution in [0.3, 0.4) is 0 Å². The summed E-state index contributed by atoms with van der Waals surface area (Å²) in [6.07, 6.45) is 6.87. The van der Waals surface area contributed by atoms with E-state index < -0.39 is 11.6 Å². The van der Waals surface area contributed by atoms with Crippen molar-refractivity contribution in [2.75, 3.05) is 13.1 Å². The molecule has 0 bridgehead atoms. The van der Waals surface area contributed by atoms with Gasteiger partial charge < -0.3 is 15.2 Å². The SMILES string of the molecule is O=C(OC1CC2(CCNCC2)C1)C(O)(c1cccs1)C1CC=CS1. The first kappa shape index (κ1) is 16.6. The zero-order valence-electron chi connectivity index (χ0n) is 13.6. The Morgan fingerprint density at radius 1 is 1.38 bits per heavy atom. The molecule has 4 rings (SSSR count). The average Bonchev–Trinajstić information content (AvgIpc) is 3.27. The van der Waals surface area contributed by atoms with Crippen LogP contribution in [0.1, 0.15) is 37.0 Å². The van der Waals surface area contributed by atoms with Gasteiger partial charge in [0.15, 0.2) is 0 Å². The van der Waals surface area contributed by atoms with Gasteiger partial charge in [-0.25, -0.2) is 4.79 Å². The van der Waals surface area contributed by atoms with E-state index in [1.807, 2.05) is 29.0 Å². The van der Waals surface area contributed by atoms with Crippen LogP contribution in [-0.4, -0.2) is 35.5 Å². The Morgan fingerprint density at radius 3 is 2.79 bits per heavy atom. The van der Waals surface area contributed by atoms with Crippen molar-refractivity contribution >= 4 is 29.1 Å². The molecule has 1 aromatic rings. The molecule has 1 aliphatic carbocycles. The summed E-state index contributed by atoms with van der Waals surface area (Å²) in [5, 5.41) is 18.3. The molecule has 2 unspecified atom stereocenters. The highest BCUT2D eigenvalue weighted by atomic mass is 32.2. The van der Waals surface area contributed by atoms with Gasteiger partial charge in [0, 0.05) is 4.88 Å². The number of esters is 1. The van der Waals surface area contributed by atoms with Gasteiger partial charge in [-0.15, -0.1) is 23.1 Å². The summed E-state index contributed by atoms with van der Waals surface area (Å²) >= 11 is 2.94. The second kappa shape index (κ2) is 6.48. The molecule has 0 radical (unpaired) electrons. The Hall–Kier alpha value is -0.820. The van der Waals surface area contributed by atoms with Crippen LogP contribution < -0.4 is 5.32 Å². The molecular weight excluding hydrogens is 342 g/mol. The van der Waals surface area contributed by atoms with E-state index in [-0.39, 0.29) is 11.4 Å². The number of carbonyl (C=O) groups excluding carboxylic acids is 1. The first-order chi connectivity index (χ1) is 11.6. The van der Waals surface area contributed by atoms with Crippen molar-refractivity contribution in [2.24, 2.45) is 5.41 Å². The fraction of sp³-hybridized carbons (Fsp3) is 0.611. The van der Waals surface area contributed by atoms with E-state index in [9.17, 15) is 9.90 Å². The van der Waals surface area contributed by atoms with E-state index in [1.54, 1.807) is 0 Å². The number of hydrogen-bond acceptors (Lipinski definition) is 6. The second-order valence-corrected chi connectivity index (χ2v) is 9.22. The highest BCUT2D eigenvalue weighted by molar-refractivity contribution is 8.03. The molecule has 0 amide bonds. The largest absolute Gasteiger partial charge is 0.460 e. The molecule has 2 atom stereocenters. The van der Waals surface area contributed by atoms with Crippen LogP contribution in [0, 0.1) is 5.41 Å². The summed E-state index contributed by atoms with van der Waals surface area (Å²) in [6.45, 7) is 2.12. The van der Waals surface area contributed by atoms with Gasteiger partial charge >= 0.3 is 5.97 Å². The molecule has 1 spiro atoms. The normalized spacial score (nSPS) is 28.5. The molecular formula is C18H23NO3S2. The van der Waals surface area contributed by atoms with Crippen molar-refractivity contribution in [3.8, 4) is 0 Å². The second-order valence-electron chi connectivity index (χ2n) is 7.16. The van der Waals surface area contributed by atoms with E-state index in [0.29, 0.717) is 16.7 Å². The Labute approximate surface area is 150 Å². The van der Waals surface area contributed by atoms with E-state index in [1.165, 1.54) is 35.9 Å². The number of thiophene rings is 1. The Balaban J connectivity index is 1.45. The van der Waals surface area contributed by atoms with Crippen LogP contribution in [0.5, 0.6) is 0 Å². The molecule has 3 heterocycles. The van der Waals surface area contributed by atoms with Crippen LogP contribution in [0.4, 0.5) is 0 Å². The van der Waals surface area contributed by atoms with Gasteiger partial charge in [-0.05, 0) is 67.5 Å². The molecule has 3 aliphatic rings. The van der Waals surface area contributed by atoms with Gasteiger partial charge in [0.05, 0.1) is 5.25 Å². The summed E-state index contributed by atoms with van der Waals surface area (Å²) in [5.41, 5.74) is -1.18. The number of allylic oxidation sites excluding steroid dienone is 1. The number of rotatable bonds is 4. The Kier molecular flexibility index (Phi) is 4.49. The van der Waals surface area contributed by atoms with Crippen LogP contribution in [0.2, 0.25) is 0 Å². The Bertz CT molecular complexity index is 608. The molecule has 1 aromatic heterocycles. The molecule has 4 nitrogen and oxygen atoms in total. The summed E-state index contributed by atoms with van der Waals surface area (Å²) < 4.78 is 5.77. The number of piperidine rings is 1. The van der Waals surface area contributed by atoms with Crippen LogP contribution in [0.15, 0.2) is 29.0 Å². The third kappa shape index (κ3) is 2.83. The minimum atomic E-state index is -1.54. The zero-order chi connectivity index (χ0) is 16.6. The molecule has 2 N–H and O–H groups in total. The maximum absolute atomic E-state index is 12.9. The molecule has 2 fully saturated rings. The molecule has 24 heavy (non-hydrogen) atoms. The van der Waals surface area contributed by atoms with Gasteiger partial charge in [0.1, 0.15) is 6.10 Å². The Morgan fingerprint density at radius 2 is 2.17 bits per heavy atom. The lowest BCUT2D eigenvalue weighted by molar-refractivity contribution is -0.185. The first-order valence-electron chi connectivity index (χ1n) is 8.61. The zero-order valence-corrected chi connectivity index (χ0v) is 15.2. The minimum Gasteiger partial charge on any atom is -0.460 e. The van der Waals surface area contributed by atoms with Crippen molar-refractivity contribution < 1.29 is 14.6 Å². The third-order valence-electron chi connectivity index (χ3n) is 5.62. The number of aliphatic hydroxyl groups is 1.